The molecule has 1 atom stereocenters. The zero-order valence-corrected chi connectivity index (χ0v) is 11.1. The predicted molar refractivity (Wildman–Crippen MR) is 69.3 cm³/mol. The van der Waals surface area contributed by atoms with Gasteiger partial charge in [0.05, 0.1) is 6.61 Å². The Labute approximate surface area is 111 Å². The molecule has 0 amide bonds. The quantitative estimate of drug-likeness (QED) is 0.839. The van der Waals surface area contributed by atoms with Gasteiger partial charge in [0.15, 0.2) is 0 Å². The number of halogens is 2. The summed E-state index contributed by atoms with van der Waals surface area (Å²) in [6.07, 6.45) is 0.786. The normalized spacial score (nSPS) is 12.2. The van der Waals surface area contributed by atoms with Crippen LogP contribution in [0.5, 0.6) is 0 Å². The van der Waals surface area contributed by atoms with Gasteiger partial charge in [-0.25, -0.2) is 0 Å². The molecule has 1 unspecified atom stereocenters. The van der Waals surface area contributed by atoms with Gasteiger partial charge in [0.1, 0.15) is 0 Å². The molecule has 5 heteroatoms. The molecule has 1 aromatic rings. The van der Waals surface area contributed by atoms with Crippen LogP contribution in [0.15, 0.2) is 18.2 Å². The molecule has 2 N–H and O–H groups in total. The van der Waals surface area contributed by atoms with Crippen molar-refractivity contribution < 1.29 is 9.53 Å². The van der Waals surface area contributed by atoms with Crippen LogP contribution in [0.3, 0.4) is 0 Å². The first-order chi connectivity index (χ1) is 8.04. The van der Waals surface area contributed by atoms with Gasteiger partial charge < -0.3 is 10.5 Å². The molecule has 94 valence electrons. The summed E-state index contributed by atoms with van der Waals surface area (Å²) in [4.78, 5) is 11.2. The maximum absolute atomic E-state index is 11.2. The molecular weight excluding hydrogens is 261 g/mol. The lowest BCUT2D eigenvalue weighted by atomic mass is 10.0. The van der Waals surface area contributed by atoms with Gasteiger partial charge in [0.2, 0.25) is 0 Å². The Morgan fingerprint density at radius 2 is 2.18 bits per heavy atom. The highest BCUT2D eigenvalue weighted by Crippen LogP contribution is 2.27. The van der Waals surface area contributed by atoms with Crippen LogP contribution in [-0.4, -0.2) is 12.6 Å². The zero-order valence-electron chi connectivity index (χ0n) is 9.58. The Kier molecular flexibility index (Phi) is 5.75. The first-order valence-electron chi connectivity index (χ1n) is 5.40. The van der Waals surface area contributed by atoms with Crippen LogP contribution in [0.4, 0.5) is 0 Å². The fraction of sp³-hybridized carbons (Fsp3) is 0.417. The molecule has 0 aliphatic rings. The number of carbonyl (C=O) groups is 1. The maximum Gasteiger partial charge on any atom is 0.305 e. The molecule has 3 nitrogen and oxygen atoms in total. The number of hydrogen-bond acceptors (Lipinski definition) is 3. The first-order valence-corrected chi connectivity index (χ1v) is 6.16. The lowest BCUT2D eigenvalue weighted by Crippen LogP contribution is -2.14. The minimum absolute atomic E-state index is 0.243. The molecule has 17 heavy (non-hydrogen) atoms. The molecule has 0 bridgehead atoms. The molecule has 0 saturated carbocycles. The van der Waals surface area contributed by atoms with Crippen molar-refractivity contribution in [3.63, 3.8) is 0 Å². The van der Waals surface area contributed by atoms with E-state index in [4.69, 9.17) is 33.7 Å². The molecule has 1 rings (SSSR count). The third-order valence-electron chi connectivity index (χ3n) is 2.33. The predicted octanol–water partition coefficient (Wildman–Crippen LogP) is 3.34. The molecular formula is C12H15Cl2NO2. The van der Waals surface area contributed by atoms with Gasteiger partial charge in [-0.1, -0.05) is 29.3 Å². The number of carbonyl (C=O) groups excluding carboxylic acids is 1. The van der Waals surface area contributed by atoms with E-state index in [1.54, 1.807) is 25.1 Å². The Hall–Kier alpha value is -0.770. The molecule has 0 heterocycles. The summed E-state index contributed by atoms with van der Waals surface area (Å²) >= 11 is 11.8. The Bertz CT molecular complexity index is 396. The Morgan fingerprint density at radius 1 is 1.47 bits per heavy atom. The van der Waals surface area contributed by atoms with Crippen molar-refractivity contribution in [3.05, 3.63) is 33.8 Å². The molecule has 0 fully saturated rings. The van der Waals surface area contributed by atoms with Crippen molar-refractivity contribution in [1.29, 1.82) is 0 Å². The highest BCUT2D eigenvalue weighted by molar-refractivity contribution is 6.35. The fourth-order valence-electron chi connectivity index (χ4n) is 1.46. The minimum atomic E-state index is -0.288. The van der Waals surface area contributed by atoms with E-state index >= 15 is 0 Å². The summed E-state index contributed by atoms with van der Waals surface area (Å²) in [6.45, 7) is 2.16. The van der Waals surface area contributed by atoms with Crippen LogP contribution in [0.2, 0.25) is 10.0 Å². The van der Waals surface area contributed by atoms with Gasteiger partial charge >= 0.3 is 5.97 Å². The highest BCUT2D eigenvalue weighted by Gasteiger charge is 2.12. The van der Waals surface area contributed by atoms with Gasteiger partial charge in [-0.2, -0.15) is 0 Å². The van der Waals surface area contributed by atoms with E-state index in [9.17, 15) is 4.79 Å². The Balaban J connectivity index is 2.57. The largest absolute Gasteiger partial charge is 0.466 e. The molecule has 0 radical (unpaired) electrons. The third kappa shape index (κ3) is 4.54. The van der Waals surface area contributed by atoms with Crippen LogP contribution in [0.1, 0.15) is 31.4 Å². The summed E-state index contributed by atoms with van der Waals surface area (Å²) in [5, 5.41) is 1.09. The Morgan fingerprint density at radius 3 is 2.76 bits per heavy atom. The number of benzene rings is 1. The average molecular weight is 276 g/mol. The molecule has 0 saturated heterocycles. The second-order valence-corrected chi connectivity index (χ2v) is 4.46. The summed E-state index contributed by atoms with van der Waals surface area (Å²) in [5.41, 5.74) is 6.75. The number of hydrogen-bond donors (Lipinski definition) is 1. The molecule has 0 spiro atoms. The van der Waals surface area contributed by atoms with Crippen LogP contribution in [0.25, 0.3) is 0 Å². The van der Waals surface area contributed by atoms with Crippen LogP contribution < -0.4 is 5.73 Å². The van der Waals surface area contributed by atoms with Gasteiger partial charge in [-0.3, -0.25) is 4.79 Å². The lowest BCUT2D eigenvalue weighted by Gasteiger charge is -2.13. The van der Waals surface area contributed by atoms with Crippen molar-refractivity contribution in [2.24, 2.45) is 5.73 Å². The monoisotopic (exact) mass is 275 g/mol. The molecule has 0 aliphatic carbocycles. The summed E-state index contributed by atoms with van der Waals surface area (Å²) in [5.74, 6) is -0.243. The zero-order chi connectivity index (χ0) is 12.8. The van der Waals surface area contributed by atoms with Crippen molar-refractivity contribution >= 4 is 29.2 Å². The SMILES string of the molecule is CCOC(=O)CCC(N)c1ccc(Cl)cc1Cl. The topological polar surface area (TPSA) is 52.3 Å². The van der Waals surface area contributed by atoms with E-state index in [1.165, 1.54) is 0 Å². The second kappa shape index (κ2) is 6.84. The van der Waals surface area contributed by atoms with Crippen LogP contribution in [-0.2, 0) is 9.53 Å². The van der Waals surface area contributed by atoms with E-state index in [1.807, 2.05) is 0 Å². The fourth-order valence-corrected chi connectivity index (χ4v) is 2.01. The number of ether oxygens (including phenoxy) is 1. The molecule has 0 aliphatic heterocycles. The number of nitrogens with two attached hydrogens (primary N) is 1. The van der Waals surface area contributed by atoms with E-state index < -0.39 is 0 Å². The van der Waals surface area contributed by atoms with Crippen molar-refractivity contribution in [2.45, 2.75) is 25.8 Å². The van der Waals surface area contributed by atoms with Crippen molar-refractivity contribution in [2.75, 3.05) is 6.61 Å². The summed E-state index contributed by atoms with van der Waals surface area (Å²) in [7, 11) is 0. The molecule has 0 aromatic heterocycles. The van der Waals surface area contributed by atoms with Crippen molar-refractivity contribution in [3.8, 4) is 0 Å². The third-order valence-corrected chi connectivity index (χ3v) is 2.89. The highest BCUT2D eigenvalue weighted by atomic mass is 35.5. The number of esters is 1. The van der Waals surface area contributed by atoms with Crippen molar-refractivity contribution in [1.82, 2.24) is 0 Å². The maximum atomic E-state index is 11.2. The average Bonchev–Trinajstić information content (AvgIpc) is 2.26. The molecule has 1 aromatic carbocycles. The van der Waals surface area contributed by atoms with E-state index in [0.717, 1.165) is 5.56 Å². The van der Waals surface area contributed by atoms with E-state index in [0.29, 0.717) is 23.1 Å². The minimum Gasteiger partial charge on any atom is -0.466 e. The van der Waals surface area contributed by atoms with Gasteiger partial charge in [0.25, 0.3) is 0 Å². The van der Waals surface area contributed by atoms with Gasteiger partial charge in [-0.15, -0.1) is 0 Å². The lowest BCUT2D eigenvalue weighted by molar-refractivity contribution is -0.143. The second-order valence-electron chi connectivity index (χ2n) is 3.62. The standard InChI is InChI=1S/C12H15Cl2NO2/c1-2-17-12(16)6-5-11(15)9-4-3-8(13)7-10(9)14/h3-4,7,11H,2,5-6,15H2,1H3. The summed E-state index contributed by atoms with van der Waals surface area (Å²) < 4.78 is 4.83. The van der Waals surface area contributed by atoms with E-state index in [-0.39, 0.29) is 18.4 Å². The van der Waals surface area contributed by atoms with Gasteiger partial charge in [0, 0.05) is 22.5 Å². The van der Waals surface area contributed by atoms with Crippen LogP contribution in [0, 0.1) is 0 Å². The smallest absolute Gasteiger partial charge is 0.305 e. The summed E-state index contributed by atoms with van der Waals surface area (Å²) in [6, 6.07) is 4.86. The van der Waals surface area contributed by atoms with E-state index in [2.05, 4.69) is 0 Å². The van der Waals surface area contributed by atoms with Crippen LogP contribution >= 0.6 is 23.2 Å². The first kappa shape index (κ1) is 14.3. The number of rotatable bonds is 5. The van der Waals surface area contributed by atoms with Gasteiger partial charge in [-0.05, 0) is 31.0 Å².